The van der Waals surface area contributed by atoms with Gasteiger partial charge in [0.1, 0.15) is 17.5 Å². The summed E-state index contributed by atoms with van der Waals surface area (Å²) in [5, 5.41) is 23.1. The van der Waals surface area contributed by atoms with Crippen molar-refractivity contribution in [1.29, 1.82) is 0 Å². The van der Waals surface area contributed by atoms with Crippen molar-refractivity contribution in [2.75, 3.05) is 20.8 Å². The number of carbonyl (C=O) groups excluding carboxylic acids is 2. The van der Waals surface area contributed by atoms with Crippen molar-refractivity contribution in [3.05, 3.63) is 29.3 Å². The number of amides is 1. The van der Waals surface area contributed by atoms with E-state index in [2.05, 4.69) is 10.1 Å². The van der Waals surface area contributed by atoms with Crippen LogP contribution in [0.3, 0.4) is 0 Å². The highest BCUT2D eigenvalue weighted by Gasteiger charge is 2.24. The van der Waals surface area contributed by atoms with Crippen molar-refractivity contribution in [2.24, 2.45) is 0 Å². The van der Waals surface area contributed by atoms with Crippen LogP contribution >= 0.6 is 0 Å². The molecule has 0 saturated carbocycles. The summed E-state index contributed by atoms with van der Waals surface area (Å²) in [4.78, 5) is 23.2. The van der Waals surface area contributed by atoms with Crippen LogP contribution in [0.1, 0.15) is 49.2 Å². The van der Waals surface area contributed by atoms with Crippen molar-refractivity contribution in [3.8, 4) is 5.75 Å². The lowest BCUT2D eigenvalue weighted by Gasteiger charge is -2.22. The highest BCUT2D eigenvalue weighted by molar-refractivity contribution is 5.89. The molecule has 0 aliphatic rings. The van der Waals surface area contributed by atoms with Gasteiger partial charge in [0.25, 0.3) is 0 Å². The molecule has 0 saturated heterocycles. The van der Waals surface area contributed by atoms with Gasteiger partial charge in [-0.15, -0.1) is 0 Å². The first-order valence-electron chi connectivity index (χ1n) is 8.18. The molecule has 3 N–H and O–H groups in total. The molecular weight excluding hydrogens is 342 g/mol. The van der Waals surface area contributed by atoms with Crippen molar-refractivity contribution < 1.29 is 34.0 Å². The number of hydrogen-bond donors (Lipinski definition) is 3. The van der Waals surface area contributed by atoms with Gasteiger partial charge in [0.2, 0.25) is 0 Å². The monoisotopic (exact) mass is 369 g/mol. The molecule has 0 bridgehead atoms. The molecule has 1 aromatic rings. The molecule has 0 aliphatic carbocycles. The normalized spacial score (nSPS) is 13.5. The number of aliphatic hydroxyl groups is 2. The third-order valence-electron chi connectivity index (χ3n) is 3.44. The van der Waals surface area contributed by atoms with Crippen molar-refractivity contribution in [3.63, 3.8) is 0 Å². The van der Waals surface area contributed by atoms with Gasteiger partial charge in [-0.05, 0) is 45.4 Å². The standard InChI is InChI=1S/C18H27NO7/c1-18(2,3)26-17(23)19-9-8-13(20)15(21)12-10-11(16(22)25-5)6-7-14(12)24-4/h6-7,10,13,15,20-21H,8-9H2,1-5H3,(H,19,23). The molecule has 0 aromatic heterocycles. The average Bonchev–Trinajstić information content (AvgIpc) is 2.58. The van der Waals surface area contributed by atoms with Gasteiger partial charge >= 0.3 is 12.1 Å². The van der Waals surface area contributed by atoms with Gasteiger partial charge in [-0.2, -0.15) is 0 Å². The fraction of sp³-hybridized carbons (Fsp3) is 0.556. The lowest BCUT2D eigenvalue weighted by Crippen LogP contribution is -2.34. The lowest BCUT2D eigenvalue weighted by atomic mass is 9.99. The minimum atomic E-state index is -1.31. The van der Waals surface area contributed by atoms with Gasteiger partial charge < -0.3 is 29.7 Å². The molecular formula is C18H27NO7. The lowest BCUT2D eigenvalue weighted by molar-refractivity contribution is 0.0109. The number of rotatable bonds is 7. The highest BCUT2D eigenvalue weighted by atomic mass is 16.6. The second-order valence-electron chi connectivity index (χ2n) is 6.68. The summed E-state index contributed by atoms with van der Waals surface area (Å²) in [6, 6.07) is 4.41. The summed E-state index contributed by atoms with van der Waals surface area (Å²) in [6.07, 6.45) is -3.03. The Morgan fingerprint density at radius 3 is 2.38 bits per heavy atom. The van der Waals surface area contributed by atoms with E-state index in [4.69, 9.17) is 9.47 Å². The first-order valence-corrected chi connectivity index (χ1v) is 8.18. The SMILES string of the molecule is COC(=O)c1ccc(OC)c(C(O)C(O)CCNC(=O)OC(C)(C)C)c1. The minimum Gasteiger partial charge on any atom is -0.496 e. The van der Waals surface area contributed by atoms with Crippen molar-refractivity contribution >= 4 is 12.1 Å². The Morgan fingerprint density at radius 2 is 1.85 bits per heavy atom. The first-order chi connectivity index (χ1) is 12.1. The van der Waals surface area contributed by atoms with Gasteiger partial charge in [-0.1, -0.05) is 0 Å². The molecule has 0 fully saturated rings. The zero-order chi connectivity index (χ0) is 19.9. The quantitative estimate of drug-likeness (QED) is 0.628. The van der Waals surface area contributed by atoms with Crippen LogP contribution in [0.15, 0.2) is 18.2 Å². The fourth-order valence-corrected chi connectivity index (χ4v) is 2.21. The molecule has 26 heavy (non-hydrogen) atoms. The summed E-state index contributed by atoms with van der Waals surface area (Å²) in [5.74, 6) is -0.244. The molecule has 146 valence electrons. The summed E-state index contributed by atoms with van der Waals surface area (Å²) >= 11 is 0. The minimum absolute atomic E-state index is 0.0754. The Morgan fingerprint density at radius 1 is 1.19 bits per heavy atom. The van der Waals surface area contributed by atoms with E-state index in [9.17, 15) is 19.8 Å². The maximum atomic E-state index is 11.7. The second kappa shape index (κ2) is 9.40. The molecule has 0 spiro atoms. The van der Waals surface area contributed by atoms with Crippen LogP contribution in [-0.2, 0) is 9.47 Å². The number of aliphatic hydroxyl groups excluding tert-OH is 2. The predicted molar refractivity (Wildman–Crippen MR) is 94.2 cm³/mol. The predicted octanol–water partition coefficient (Wildman–Crippen LogP) is 1.79. The van der Waals surface area contributed by atoms with Gasteiger partial charge in [0, 0.05) is 12.1 Å². The van der Waals surface area contributed by atoms with Gasteiger partial charge in [0.05, 0.1) is 25.9 Å². The summed E-state index contributed by atoms with van der Waals surface area (Å²) in [6.45, 7) is 5.33. The third-order valence-corrected chi connectivity index (χ3v) is 3.44. The molecule has 8 nitrogen and oxygen atoms in total. The van der Waals surface area contributed by atoms with E-state index in [1.54, 1.807) is 20.8 Å². The highest BCUT2D eigenvalue weighted by Crippen LogP contribution is 2.29. The van der Waals surface area contributed by atoms with E-state index in [1.807, 2.05) is 0 Å². The Kier molecular flexibility index (Phi) is 7.85. The number of alkyl carbamates (subject to hydrolysis) is 1. The second-order valence-corrected chi connectivity index (χ2v) is 6.68. The van der Waals surface area contributed by atoms with Crippen molar-refractivity contribution in [2.45, 2.75) is 45.0 Å². The van der Waals surface area contributed by atoms with Gasteiger partial charge in [-0.3, -0.25) is 0 Å². The Bertz CT molecular complexity index is 624. The average molecular weight is 369 g/mol. The van der Waals surface area contributed by atoms with E-state index in [0.29, 0.717) is 5.75 Å². The van der Waals surface area contributed by atoms with Crippen molar-refractivity contribution in [1.82, 2.24) is 5.32 Å². The first kappa shape index (κ1) is 21.7. The van der Waals surface area contributed by atoms with Crippen LogP contribution in [0.2, 0.25) is 0 Å². The maximum absolute atomic E-state index is 11.7. The van der Waals surface area contributed by atoms with E-state index in [0.717, 1.165) is 0 Å². The summed E-state index contributed by atoms with van der Waals surface area (Å²) < 4.78 is 14.9. The van der Waals surface area contributed by atoms with E-state index in [-0.39, 0.29) is 24.1 Å². The smallest absolute Gasteiger partial charge is 0.407 e. The van der Waals surface area contributed by atoms with Crippen LogP contribution in [0, 0.1) is 0 Å². The molecule has 0 heterocycles. The topological polar surface area (TPSA) is 114 Å². The van der Waals surface area contributed by atoms with Crippen LogP contribution < -0.4 is 10.1 Å². The number of esters is 1. The Balaban J connectivity index is 2.74. The third kappa shape index (κ3) is 6.53. The maximum Gasteiger partial charge on any atom is 0.407 e. The number of ether oxygens (including phenoxy) is 3. The molecule has 0 radical (unpaired) electrons. The zero-order valence-electron chi connectivity index (χ0n) is 15.7. The number of methoxy groups -OCH3 is 2. The number of benzene rings is 1. The van der Waals surface area contributed by atoms with E-state index in [1.165, 1.54) is 32.4 Å². The molecule has 8 heteroatoms. The Labute approximate surface area is 153 Å². The van der Waals surface area contributed by atoms with Crippen LogP contribution in [-0.4, -0.2) is 54.7 Å². The molecule has 1 rings (SSSR count). The summed E-state index contributed by atoms with van der Waals surface area (Å²) in [7, 11) is 2.67. The fourth-order valence-electron chi connectivity index (χ4n) is 2.21. The van der Waals surface area contributed by atoms with Crippen LogP contribution in [0.5, 0.6) is 5.75 Å². The molecule has 1 amide bonds. The van der Waals surface area contributed by atoms with Gasteiger partial charge in [0.15, 0.2) is 0 Å². The van der Waals surface area contributed by atoms with Crippen LogP contribution in [0.25, 0.3) is 0 Å². The summed E-state index contributed by atoms with van der Waals surface area (Å²) in [5.41, 5.74) is -0.147. The molecule has 0 aliphatic heterocycles. The van der Waals surface area contributed by atoms with Crippen LogP contribution in [0.4, 0.5) is 4.79 Å². The number of nitrogens with one attached hydrogen (secondary N) is 1. The van der Waals surface area contributed by atoms with Gasteiger partial charge in [-0.25, -0.2) is 9.59 Å². The molecule has 2 unspecified atom stereocenters. The Hall–Kier alpha value is -2.32. The van der Waals surface area contributed by atoms with E-state index < -0.39 is 29.9 Å². The number of hydrogen-bond acceptors (Lipinski definition) is 7. The van der Waals surface area contributed by atoms with E-state index >= 15 is 0 Å². The largest absolute Gasteiger partial charge is 0.496 e. The molecule has 2 atom stereocenters. The zero-order valence-corrected chi connectivity index (χ0v) is 15.7. The molecule has 1 aromatic carbocycles. The number of carbonyl (C=O) groups is 2.